The van der Waals surface area contributed by atoms with Gasteiger partial charge in [-0.1, -0.05) is 17.3 Å². The Morgan fingerprint density at radius 2 is 1.96 bits per heavy atom. The summed E-state index contributed by atoms with van der Waals surface area (Å²) in [6.07, 6.45) is 1.72. The lowest BCUT2D eigenvalue weighted by Crippen LogP contribution is -2.26. The molecule has 0 radical (unpaired) electrons. The van der Waals surface area contributed by atoms with E-state index in [9.17, 15) is 4.79 Å². The molecule has 7 nitrogen and oxygen atoms in total. The molecule has 0 aliphatic rings. The van der Waals surface area contributed by atoms with Crippen molar-refractivity contribution in [2.24, 2.45) is 7.05 Å². The Balaban J connectivity index is 1.77. The van der Waals surface area contributed by atoms with E-state index in [1.54, 1.807) is 42.0 Å². The molecule has 2 N–H and O–H groups in total. The fraction of sp³-hybridized carbons (Fsp3) is 0.278. The highest BCUT2D eigenvalue weighted by atomic mass is 16.5. The molecule has 130 valence electrons. The van der Waals surface area contributed by atoms with E-state index in [1.165, 1.54) is 0 Å². The van der Waals surface area contributed by atoms with Gasteiger partial charge in [0, 0.05) is 30.8 Å². The topological polar surface area (TPSA) is 90.2 Å². The molecule has 0 saturated carbocycles. The Bertz CT molecular complexity index is 889. The van der Waals surface area contributed by atoms with Crippen molar-refractivity contribution in [1.29, 1.82) is 0 Å². The number of rotatable bonds is 4. The largest absolute Gasteiger partial charge is 0.383 e. The Morgan fingerprint density at radius 1 is 1.28 bits per heavy atom. The fourth-order valence-electron chi connectivity index (χ4n) is 2.72. The van der Waals surface area contributed by atoms with Gasteiger partial charge in [-0.05, 0) is 31.5 Å². The number of carbonyl (C=O) groups is 1. The lowest BCUT2D eigenvalue weighted by atomic mass is 10.1. The number of nitrogens with two attached hydrogens (primary N) is 1. The van der Waals surface area contributed by atoms with Crippen molar-refractivity contribution >= 4 is 11.7 Å². The number of nitrogen functional groups attached to an aromatic ring is 1. The van der Waals surface area contributed by atoms with E-state index in [4.69, 9.17) is 10.3 Å². The van der Waals surface area contributed by atoms with E-state index >= 15 is 0 Å². The molecule has 3 aromatic rings. The number of anilines is 1. The summed E-state index contributed by atoms with van der Waals surface area (Å²) in [7, 11) is 3.56. The molecular weight excluding hydrogens is 318 g/mol. The molecule has 0 aliphatic heterocycles. The van der Waals surface area contributed by atoms with Crippen LogP contribution in [-0.4, -0.2) is 32.8 Å². The highest BCUT2D eigenvalue weighted by Crippen LogP contribution is 2.25. The maximum atomic E-state index is 12.6. The maximum absolute atomic E-state index is 12.6. The molecule has 2 aromatic heterocycles. The van der Waals surface area contributed by atoms with Crippen LogP contribution in [0.1, 0.15) is 27.4 Å². The molecule has 0 saturated heterocycles. The standard InChI is InChI=1S/C18H21N5O2/c1-11-16(12(2)25-21-11)10-22(3)18(24)14-7-5-13(6-8-14)15-9-20-23(4)17(15)19/h5-9H,10,19H2,1-4H3. The first kappa shape index (κ1) is 16.8. The zero-order valence-corrected chi connectivity index (χ0v) is 14.8. The first-order valence-electron chi connectivity index (χ1n) is 7.93. The van der Waals surface area contributed by atoms with Crippen molar-refractivity contribution in [3.8, 4) is 11.1 Å². The second-order valence-corrected chi connectivity index (χ2v) is 6.11. The highest BCUT2D eigenvalue weighted by molar-refractivity contribution is 5.94. The first-order chi connectivity index (χ1) is 11.9. The number of hydrogen-bond acceptors (Lipinski definition) is 5. The zero-order valence-electron chi connectivity index (χ0n) is 14.8. The number of benzene rings is 1. The monoisotopic (exact) mass is 339 g/mol. The third kappa shape index (κ3) is 3.13. The number of hydrogen-bond donors (Lipinski definition) is 1. The number of carbonyl (C=O) groups excluding carboxylic acids is 1. The molecule has 1 amide bonds. The van der Waals surface area contributed by atoms with Gasteiger partial charge in [0.25, 0.3) is 5.91 Å². The average molecular weight is 339 g/mol. The average Bonchev–Trinajstić information content (AvgIpc) is 3.11. The molecule has 25 heavy (non-hydrogen) atoms. The van der Waals surface area contributed by atoms with Crippen molar-refractivity contribution in [3.05, 3.63) is 53.0 Å². The van der Waals surface area contributed by atoms with Crippen LogP contribution in [-0.2, 0) is 13.6 Å². The minimum absolute atomic E-state index is 0.0642. The number of nitrogens with zero attached hydrogens (tertiary/aromatic N) is 4. The van der Waals surface area contributed by atoms with E-state index in [0.29, 0.717) is 17.9 Å². The summed E-state index contributed by atoms with van der Waals surface area (Å²) in [4.78, 5) is 14.3. The Morgan fingerprint density at radius 3 is 2.48 bits per heavy atom. The van der Waals surface area contributed by atoms with Crippen LogP contribution >= 0.6 is 0 Å². The zero-order chi connectivity index (χ0) is 18.1. The number of aromatic nitrogens is 3. The Labute approximate surface area is 146 Å². The van der Waals surface area contributed by atoms with Gasteiger partial charge in [-0.2, -0.15) is 5.10 Å². The maximum Gasteiger partial charge on any atom is 0.253 e. The highest BCUT2D eigenvalue weighted by Gasteiger charge is 2.17. The molecule has 0 aliphatic carbocycles. The molecule has 0 unspecified atom stereocenters. The van der Waals surface area contributed by atoms with Gasteiger partial charge in [0.2, 0.25) is 0 Å². The molecule has 7 heteroatoms. The van der Waals surface area contributed by atoms with Gasteiger partial charge in [-0.25, -0.2) is 0 Å². The molecule has 2 heterocycles. The van der Waals surface area contributed by atoms with Crippen molar-refractivity contribution in [3.63, 3.8) is 0 Å². The van der Waals surface area contributed by atoms with Crippen LogP contribution in [0, 0.1) is 13.8 Å². The summed E-state index contributed by atoms with van der Waals surface area (Å²) in [5.41, 5.74) is 10.1. The summed E-state index contributed by atoms with van der Waals surface area (Å²) in [6, 6.07) is 7.36. The van der Waals surface area contributed by atoms with Crippen LogP contribution in [0.2, 0.25) is 0 Å². The minimum Gasteiger partial charge on any atom is -0.383 e. The lowest BCUT2D eigenvalue weighted by molar-refractivity contribution is 0.0784. The molecule has 0 fully saturated rings. The van der Waals surface area contributed by atoms with E-state index in [-0.39, 0.29) is 5.91 Å². The predicted molar refractivity (Wildman–Crippen MR) is 94.8 cm³/mol. The van der Waals surface area contributed by atoms with Crippen LogP contribution in [0.5, 0.6) is 0 Å². The summed E-state index contributed by atoms with van der Waals surface area (Å²) >= 11 is 0. The van der Waals surface area contributed by atoms with Gasteiger partial charge >= 0.3 is 0 Å². The molecule has 1 aromatic carbocycles. The molecule has 0 spiro atoms. The van der Waals surface area contributed by atoms with Crippen LogP contribution in [0.15, 0.2) is 35.0 Å². The first-order valence-corrected chi connectivity index (χ1v) is 7.93. The van der Waals surface area contributed by atoms with E-state index in [0.717, 1.165) is 28.1 Å². The van der Waals surface area contributed by atoms with Gasteiger partial charge in [-0.15, -0.1) is 0 Å². The normalized spacial score (nSPS) is 10.9. The SMILES string of the molecule is Cc1noc(C)c1CN(C)C(=O)c1ccc(-c2cnn(C)c2N)cc1. The summed E-state index contributed by atoms with van der Waals surface area (Å²) < 4.78 is 6.77. The van der Waals surface area contributed by atoms with Gasteiger partial charge in [-0.3, -0.25) is 9.48 Å². The van der Waals surface area contributed by atoms with Crippen LogP contribution in [0.4, 0.5) is 5.82 Å². The molecule has 3 rings (SSSR count). The number of amides is 1. The summed E-state index contributed by atoms with van der Waals surface area (Å²) in [6.45, 7) is 4.18. The Hall–Kier alpha value is -3.09. The van der Waals surface area contributed by atoms with Crippen molar-refractivity contribution < 1.29 is 9.32 Å². The van der Waals surface area contributed by atoms with Crippen LogP contribution < -0.4 is 5.73 Å². The third-order valence-electron chi connectivity index (χ3n) is 4.35. The van der Waals surface area contributed by atoms with E-state index in [1.807, 2.05) is 26.0 Å². The molecule has 0 atom stereocenters. The van der Waals surface area contributed by atoms with Crippen LogP contribution in [0.3, 0.4) is 0 Å². The predicted octanol–water partition coefficient (Wildman–Crippen LogP) is 2.55. The van der Waals surface area contributed by atoms with Crippen molar-refractivity contribution in [2.45, 2.75) is 20.4 Å². The van der Waals surface area contributed by atoms with Gasteiger partial charge in [0.1, 0.15) is 11.6 Å². The van der Waals surface area contributed by atoms with E-state index in [2.05, 4.69) is 10.3 Å². The second-order valence-electron chi connectivity index (χ2n) is 6.11. The van der Waals surface area contributed by atoms with Crippen molar-refractivity contribution in [1.82, 2.24) is 19.8 Å². The van der Waals surface area contributed by atoms with Crippen molar-refractivity contribution in [2.75, 3.05) is 12.8 Å². The third-order valence-corrected chi connectivity index (χ3v) is 4.35. The minimum atomic E-state index is -0.0642. The smallest absolute Gasteiger partial charge is 0.253 e. The van der Waals surface area contributed by atoms with Gasteiger partial charge in [0.05, 0.1) is 18.4 Å². The quantitative estimate of drug-likeness (QED) is 0.789. The summed E-state index contributed by atoms with van der Waals surface area (Å²) in [5, 5.41) is 8.06. The number of aryl methyl sites for hydroxylation is 3. The van der Waals surface area contributed by atoms with Gasteiger partial charge < -0.3 is 15.2 Å². The Kier molecular flexibility index (Phi) is 4.31. The summed E-state index contributed by atoms with van der Waals surface area (Å²) in [5.74, 6) is 1.26. The molecule has 0 bridgehead atoms. The second kappa shape index (κ2) is 6.43. The fourth-order valence-corrected chi connectivity index (χ4v) is 2.72. The molecular formula is C18H21N5O2. The van der Waals surface area contributed by atoms with Gasteiger partial charge in [0.15, 0.2) is 0 Å². The lowest BCUT2D eigenvalue weighted by Gasteiger charge is -2.17. The van der Waals surface area contributed by atoms with E-state index < -0.39 is 0 Å². The van der Waals surface area contributed by atoms with Crippen LogP contribution in [0.25, 0.3) is 11.1 Å².